The molecule has 8 heteroatoms. The molecule has 0 saturated heterocycles. The Morgan fingerprint density at radius 2 is 1.75 bits per heavy atom. The fourth-order valence-corrected chi connectivity index (χ4v) is 1.78. The topological polar surface area (TPSA) is 125 Å². The summed E-state index contributed by atoms with van der Waals surface area (Å²) in [6, 6.07) is 6.03. The molecule has 4 N–H and O–H groups in total. The van der Waals surface area contributed by atoms with Gasteiger partial charge in [0, 0.05) is 19.5 Å². The highest BCUT2D eigenvalue weighted by Gasteiger charge is 2.14. The molecule has 0 heterocycles. The first-order chi connectivity index (χ1) is 11.4. The second-order valence-corrected chi connectivity index (χ2v) is 5.14. The molecule has 2 amide bonds. The molecule has 0 aromatic heterocycles. The molecule has 0 fully saturated rings. The van der Waals surface area contributed by atoms with Gasteiger partial charge in [0.2, 0.25) is 5.91 Å². The molecular formula is C16H22N2O6. The number of amides is 2. The van der Waals surface area contributed by atoms with Gasteiger partial charge in [0.1, 0.15) is 11.5 Å². The summed E-state index contributed by atoms with van der Waals surface area (Å²) in [5, 5.41) is 22.8. The molecule has 1 aromatic rings. The fourth-order valence-electron chi connectivity index (χ4n) is 1.78. The first kappa shape index (κ1) is 19.3. The maximum absolute atomic E-state index is 11.9. The van der Waals surface area contributed by atoms with Crippen LogP contribution in [-0.4, -0.2) is 47.2 Å². The number of carboxylic acids is 1. The van der Waals surface area contributed by atoms with Gasteiger partial charge in [0.15, 0.2) is 6.10 Å². The van der Waals surface area contributed by atoms with Crippen molar-refractivity contribution in [3.05, 3.63) is 24.3 Å². The van der Waals surface area contributed by atoms with Crippen LogP contribution < -0.4 is 15.4 Å². The average Bonchev–Trinajstić information content (AvgIpc) is 2.53. The number of hydrogen-bond donors (Lipinski definition) is 4. The lowest BCUT2D eigenvalue weighted by atomic mass is 10.2. The van der Waals surface area contributed by atoms with E-state index >= 15 is 0 Å². The van der Waals surface area contributed by atoms with Crippen LogP contribution in [0.2, 0.25) is 0 Å². The number of phenolic OH excluding ortho intramolecular Hbond substituents is 1. The maximum atomic E-state index is 11.9. The number of benzene rings is 1. The van der Waals surface area contributed by atoms with Crippen LogP contribution in [0.3, 0.4) is 0 Å². The van der Waals surface area contributed by atoms with Crippen molar-refractivity contribution in [1.82, 2.24) is 10.6 Å². The van der Waals surface area contributed by atoms with Gasteiger partial charge in [-0.05, 0) is 37.6 Å². The van der Waals surface area contributed by atoms with Gasteiger partial charge in [-0.2, -0.15) is 0 Å². The largest absolute Gasteiger partial charge is 0.508 e. The molecule has 0 spiro atoms. The normalized spacial score (nSPS) is 11.4. The van der Waals surface area contributed by atoms with Crippen molar-refractivity contribution >= 4 is 17.8 Å². The van der Waals surface area contributed by atoms with E-state index in [0.29, 0.717) is 18.7 Å². The Bertz CT molecular complexity index is 558. The van der Waals surface area contributed by atoms with Gasteiger partial charge in [-0.3, -0.25) is 14.4 Å². The lowest BCUT2D eigenvalue weighted by Crippen LogP contribution is -2.37. The minimum Gasteiger partial charge on any atom is -0.508 e. The molecule has 1 rings (SSSR count). The van der Waals surface area contributed by atoms with Crippen LogP contribution in [0.4, 0.5) is 0 Å². The molecule has 0 aliphatic carbocycles. The van der Waals surface area contributed by atoms with E-state index in [9.17, 15) is 19.5 Å². The fraction of sp³-hybridized carbons (Fsp3) is 0.438. The third-order valence-electron chi connectivity index (χ3n) is 3.06. The summed E-state index contributed by atoms with van der Waals surface area (Å²) in [5.41, 5.74) is 0. The highest BCUT2D eigenvalue weighted by molar-refractivity contribution is 5.81. The third-order valence-corrected chi connectivity index (χ3v) is 3.06. The number of carbonyl (C=O) groups is 3. The van der Waals surface area contributed by atoms with Gasteiger partial charge in [0.05, 0.1) is 6.42 Å². The Hall–Kier alpha value is -2.77. The van der Waals surface area contributed by atoms with E-state index in [1.54, 1.807) is 19.1 Å². The van der Waals surface area contributed by atoms with Gasteiger partial charge < -0.3 is 25.6 Å². The minimum atomic E-state index is -0.967. The van der Waals surface area contributed by atoms with Crippen LogP contribution in [0.15, 0.2) is 24.3 Å². The summed E-state index contributed by atoms with van der Waals surface area (Å²) < 4.78 is 5.43. The SMILES string of the molecule is C[C@@H](Oc1ccc(O)cc1)C(=O)NCCCC(=O)NCCC(=O)O. The summed E-state index contributed by atoms with van der Waals surface area (Å²) in [6.45, 7) is 2.01. The Morgan fingerprint density at radius 1 is 1.08 bits per heavy atom. The number of aromatic hydroxyl groups is 1. The monoisotopic (exact) mass is 338 g/mol. The Balaban J connectivity index is 2.17. The smallest absolute Gasteiger partial charge is 0.305 e. The summed E-state index contributed by atoms with van der Waals surface area (Å²) in [5.74, 6) is -0.951. The second kappa shape index (κ2) is 10.1. The van der Waals surface area contributed by atoms with E-state index in [-0.39, 0.29) is 37.0 Å². The van der Waals surface area contributed by atoms with Crippen molar-refractivity contribution in [1.29, 1.82) is 0 Å². The van der Waals surface area contributed by atoms with Crippen LogP contribution >= 0.6 is 0 Å². The number of rotatable bonds is 10. The molecule has 0 bridgehead atoms. The van der Waals surface area contributed by atoms with Gasteiger partial charge >= 0.3 is 5.97 Å². The van der Waals surface area contributed by atoms with Gasteiger partial charge in [0.25, 0.3) is 5.91 Å². The lowest BCUT2D eigenvalue weighted by molar-refractivity contribution is -0.137. The van der Waals surface area contributed by atoms with Crippen molar-refractivity contribution in [2.75, 3.05) is 13.1 Å². The molecule has 0 unspecified atom stereocenters. The zero-order valence-corrected chi connectivity index (χ0v) is 13.4. The number of nitrogens with one attached hydrogen (secondary N) is 2. The average molecular weight is 338 g/mol. The van der Waals surface area contributed by atoms with Crippen LogP contribution in [0, 0.1) is 0 Å². The zero-order chi connectivity index (χ0) is 17.9. The minimum absolute atomic E-state index is 0.0953. The summed E-state index contributed by atoms with van der Waals surface area (Å²) in [6.07, 6.45) is -0.183. The van der Waals surface area contributed by atoms with Crippen LogP contribution in [0.5, 0.6) is 11.5 Å². The molecule has 0 radical (unpaired) electrons. The van der Waals surface area contributed by atoms with E-state index in [4.69, 9.17) is 9.84 Å². The predicted octanol–water partition coefficient (Wildman–Crippen LogP) is 0.647. The standard InChI is InChI=1S/C16H22N2O6/c1-11(24-13-6-4-12(19)5-7-13)16(23)18-9-2-3-14(20)17-10-8-15(21)22/h4-7,11,19H,2-3,8-10H2,1H3,(H,17,20)(H,18,23)(H,21,22)/t11-/m1/s1. The quantitative estimate of drug-likeness (QED) is 0.464. The maximum Gasteiger partial charge on any atom is 0.305 e. The molecule has 1 aromatic carbocycles. The molecular weight excluding hydrogens is 316 g/mol. The molecule has 0 aliphatic rings. The Kier molecular flexibility index (Phi) is 8.10. The third kappa shape index (κ3) is 8.02. The van der Waals surface area contributed by atoms with Gasteiger partial charge in [-0.15, -0.1) is 0 Å². The number of phenols is 1. The van der Waals surface area contributed by atoms with E-state index < -0.39 is 12.1 Å². The molecule has 0 aliphatic heterocycles. The lowest BCUT2D eigenvalue weighted by Gasteiger charge is -2.14. The first-order valence-corrected chi connectivity index (χ1v) is 7.60. The molecule has 0 saturated carbocycles. The summed E-state index contributed by atoms with van der Waals surface area (Å²) >= 11 is 0. The van der Waals surface area contributed by atoms with Crippen LogP contribution in [0.25, 0.3) is 0 Å². The number of carbonyl (C=O) groups excluding carboxylic acids is 2. The van der Waals surface area contributed by atoms with Crippen LogP contribution in [-0.2, 0) is 14.4 Å². The van der Waals surface area contributed by atoms with Crippen molar-refractivity contribution < 1.29 is 29.3 Å². The number of aliphatic carboxylic acids is 1. The van der Waals surface area contributed by atoms with Crippen molar-refractivity contribution in [3.63, 3.8) is 0 Å². The molecule has 8 nitrogen and oxygen atoms in total. The van der Waals surface area contributed by atoms with E-state index in [1.807, 2.05) is 0 Å². The van der Waals surface area contributed by atoms with Crippen molar-refractivity contribution in [2.24, 2.45) is 0 Å². The molecule has 1 atom stereocenters. The number of carboxylic acid groups (broad SMARTS) is 1. The van der Waals surface area contributed by atoms with Gasteiger partial charge in [-0.1, -0.05) is 0 Å². The highest BCUT2D eigenvalue weighted by Crippen LogP contribution is 2.17. The van der Waals surface area contributed by atoms with Crippen molar-refractivity contribution in [3.8, 4) is 11.5 Å². The summed E-state index contributed by atoms with van der Waals surface area (Å²) in [7, 11) is 0. The van der Waals surface area contributed by atoms with E-state index in [2.05, 4.69) is 10.6 Å². The highest BCUT2D eigenvalue weighted by atomic mass is 16.5. The van der Waals surface area contributed by atoms with Crippen LogP contribution in [0.1, 0.15) is 26.2 Å². The number of hydrogen-bond acceptors (Lipinski definition) is 5. The Morgan fingerprint density at radius 3 is 2.38 bits per heavy atom. The van der Waals surface area contributed by atoms with E-state index in [0.717, 1.165) is 0 Å². The van der Waals surface area contributed by atoms with Gasteiger partial charge in [-0.25, -0.2) is 0 Å². The zero-order valence-electron chi connectivity index (χ0n) is 13.4. The Labute approximate surface area is 139 Å². The molecule has 132 valence electrons. The first-order valence-electron chi connectivity index (χ1n) is 7.60. The molecule has 24 heavy (non-hydrogen) atoms. The van der Waals surface area contributed by atoms with E-state index in [1.165, 1.54) is 12.1 Å². The second-order valence-electron chi connectivity index (χ2n) is 5.14. The summed E-state index contributed by atoms with van der Waals surface area (Å²) in [4.78, 5) is 33.6. The van der Waals surface area contributed by atoms with Crippen molar-refractivity contribution in [2.45, 2.75) is 32.3 Å². The predicted molar refractivity (Wildman–Crippen MR) is 85.7 cm³/mol. The number of ether oxygens (including phenoxy) is 1.